The van der Waals surface area contributed by atoms with Crippen LogP contribution >= 0.6 is 0 Å². The third-order valence-electron chi connectivity index (χ3n) is 6.56. The third kappa shape index (κ3) is 3.46. The summed E-state index contributed by atoms with van der Waals surface area (Å²) >= 11 is 0. The summed E-state index contributed by atoms with van der Waals surface area (Å²) in [7, 11) is 0. The minimum absolute atomic E-state index is 0.128. The van der Waals surface area contributed by atoms with Crippen molar-refractivity contribution in [2.75, 3.05) is 41.7 Å². The molecule has 2 N–H and O–H groups in total. The van der Waals surface area contributed by atoms with Crippen LogP contribution in [-0.4, -0.2) is 49.1 Å². The molecule has 3 aliphatic rings. The van der Waals surface area contributed by atoms with Gasteiger partial charge in [-0.25, -0.2) is 4.39 Å². The normalized spacial score (nSPS) is 23.4. The van der Waals surface area contributed by atoms with E-state index in [-0.39, 0.29) is 11.7 Å². The predicted molar refractivity (Wildman–Crippen MR) is 114 cm³/mol. The summed E-state index contributed by atoms with van der Waals surface area (Å²) in [5.74, 6) is -0.377. The van der Waals surface area contributed by atoms with Gasteiger partial charge in [0.05, 0.1) is 0 Å². The van der Waals surface area contributed by atoms with Gasteiger partial charge in [-0.05, 0) is 62.7 Å². The Morgan fingerprint density at radius 2 is 2.07 bits per heavy atom. The van der Waals surface area contributed by atoms with E-state index in [2.05, 4.69) is 26.5 Å². The molecule has 0 aromatic heterocycles. The molecule has 29 heavy (non-hydrogen) atoms. The monoisotopic (exact) mass is 394 g/mol. The first-order valence-electron chi connectivity index (χ1n) is 10.5. The number of hydrogen-bond donors (Lipinski definition) is 2. The molecule has 1 amide bonds. The lowest BCUT2D eigenvalue weighted by molar-refractivity contribution is -0.116. The molecule has 0 bridgehead atoms. The second kappa shape index (κ2) is 7.34. The van der Waals surface area contributed by atoms with E-state index in [1.807, 2.05) is 25.1 Å². The van der Waals surface area contributed by atoms with Gasteiger partial charge in [-0.2, -0.15) is 0 Å². The van der Waals surface area contributed by atoms with Gasteiger partial charge in [0.15, 0.2) is 0 Å². The van der Waals surface area contributed by atoms with Crippen molar-refractivity contribution in [1.29, 1.82) is 0 Å². The Bertz CT molecular complexity index is 911. The van der Waals surface area contributed by atoms with Gasteiger partial charge in [0.25, 0.3) is 0 Å². The fraction of sp³-hybridized carbons (Fsp3) is 0.435. The molecular weight excluding hydrogens is 367 g/mol. The number of benzene rings is 2. The Kier molecular flexibility index (Phi) is 4.66. The van der Waals surface area contributed by atoms with Crippen molar-refractivity contribution >= 4 is 23.0 Å². The number of likely N-dealkylation sites (tertiary alicyclic amines) is 1. The molecule has 152 valence electrons. The predicted octanol–water partition coefficient (Wildman–Crippen LogP) is 3.39. The number of aryl methyl sites for hydroxylation is 1. The molecule has 6 heteroatoms. The minimum atomic E-state index is -0.452. The van der Waals surface area contributed by atoms with Crippen LogP contribution in [0.3, 0.4) is 0 Å². The summed E-state index contributed by atoms with van der Waals surface area (Å²) in [6.45, 7) is 6.49. The Morgan fingerprint density at radius 1 is 1.21 bits per heavy atom. The van der Waals surface area contributed by atoms with Crippen molar-refractivity contribution in [2.45, 2.75) is 38.3 Å². The zero-order chi connectivity index (χ0) is 20.0. The highest BCUT2D eigenvalue weighted by Crippen LogP contribution is 2.32. The number of hydrogen-bond acceptors (Lipinski definition) is 4. The number of carbonyl (C=O) groups excluding carboxylic acids is 1. The highest BCUT2D eigenvalue weighted by Gasteiger charge is 2.32. The largest absolute Gasteiger partial charge is 0.373 e. The van der Waals surface area contributed by atoms with Crippen molar-refractivity contribution in [3.05, 3.63) is 53.3 Å². The zero-order valence-electron chi connectivity index (χ0n) is 16.7. The Morgan fingerprint density at radius 3 is 2.83 bits per heavy atom. The number of nitrogens with one attached hydrogen (secondary N) is 2. The van der Waals surface area contributed by atoms with E-state index < -0.39 is 6.04 Å². The highest BCUT2D eigenvalue weighted by molar-refractivity contribution is 5.98. The lowest BCUT2D eigenvalue weighted by atomic mass is 10.1. The molecule has 0 saturated carbocycles. The van der Waals surface area contributed by atoms with Gasteiger partial charge in [-0.3, -0.25) is 9.69 Å². The van der Waals surface area contributed by atoms with E-state index in [4.69, 9.17) is 0 Å². The topological polar surface area (TPSA) is 47.6 Å². The van der Waals surface area contributed by atoms with Gasteiger partial charge in [0.2, 0.25) is 5.91 Å². The van der Waals surface area contributed by atoms with Crippen LogP contribution < -0.4 is 15.5 Å². The van der Waals surface area contributed by atoms with Crippen LogP contribution in [0.1, 0.15) is 24.0 Å². The summed E-state index contributed by atoms with van der Waals surface area (Å²) in [4.78, 5) is 17.8. The maximum atomic E-state index is 14.1. The van der Waals surface area contributed by atoms with Gasteiger partial charge in [0.1, 0.15) is 11.9 Å². The Balaban J connectivity index is 1.25. The van der Waals surface area contributed by atoms with E-state index in [1.165, 1.54) is 32.0 Å². The first-order valence-corrected chi connectivity index (χ1v) is 10.5. The van der Waals surface area contributed by atoms with Crippen LogP contribution in [0.5, 0.6) is 0 Å². The zero-order valence-corrected chi connectivity index (χ0v) is 16.7. The summed E-state index contributed by atoms with van der Waals surface area (Å²) in [5.41, 5.74) is 4.26. The molecule has 3 aliphatic heterocycles. The fourth-order valence-electron chi connectivity index (χ4n) is 4.72. The molecule has 2 unspecified atom stereocenters. The summed E-state index contributed by atoms with van der Waals surface area (Å²) in [6, 6.07) is 11.5. The van der Waals surface area contributed by atoms with E-state index in [1.54, 1.807) is 6.07 Å². The number of anilines is 3. The highest BCUT2D eigenvalue weighted by atomic mass is 19.1. The summed E-state index contributed by atoms with van der Waals surface area (Å²) < 4.78 is 14.1. The van der Waals surface area contributed by atoms with Gasteiger partial charge >= 0.3 is 0 Å². The van der Waals surface area contributed by atoms with Crippen LogP contribution in [0, 0.1) is 12.7 Å². The smallest absolute Gasteiger partial charge is 0.247 e. The molecule has 2 atom stereocenters. The molecule has 0 radical (unpaired) electrons. The van der Waals surface area contributed by atoms with Gasteiger partial charge < -0.3 is 15.5 Å². The second-order valence-corrected chi connectivity index (χ2v) is 8.44. The average molecular weight is 394 g/mol. The van der Waals surface area contributed by atoms with Crippen LogP contribution in [0.4, 0.5) is 21.5 Å². The number of rotatable bonds is 4. The molecule has 3 heterocycles. The van der Waals surface area contributed by atoms with Crippen molar-refractivity contribution in [3.8, 4) is 0 Å². The van der Waals surface area contributed by atoms with E-state index >= 15 is 0 Å². The molecule has 2 fully saturated rings. The van der Waals surface area contributed by atoms with Gasteiger partial charge in [0, 0.05) is 48.2 Å². The van der Waals surface area contributed by atoms with Gasteiger partial charge in [-0.15, -0.1) is 0 Å². The lowest BCUT2D eigenvalue weighted by Gasteiger charge is -2.36. The number of carbonyl (C=O) groups is 1. The van der Waals surface area contributed by atoms with Crippen molar-refractivity contribution in [1.82, 2.24) is 4.90 Å². The summed E-state index contributed by atoms with van der Waals surface area (Å²) in [5, 5.41) is 6.21. The lowest BCUT2D eigenvalue weighted by Crippen LogP contribution is -2.46. The average Bonchev–Trinajstić information content (AvgIpc) is 3.32. The van der Waals surface area contributed by atoms with Crippen LogP contribution in [0.2, 0.25) is 0 Å². The molecule has 5 rings (SSSR count). The van der Waals surface area contributed by atoms with E-state index in [9.17, 15) is 9.18 Å². The van der Waals surface area contributed by atoms with Crippen LogP contribution in [0.15, 0.2) is 36.4 Å². The number of nitrogens with zero attached hydrogens (tertiary/aromatic N) is 2. The molecule has 2 aromatic carbocycles. The van der Waals surface area contributed by atoms with Crippen molar-refractivity contribution < 1.29 is 9.18 Å². The quantitative estimate of drug-likeness (QED) is 0.835. The standard InChI is InChI=1S/C23H27FN4O/c1-15-6-7-20(24)19-13-21(26-22(15)19)23(29)25-16-4-2-5-17(12-16)28-11-8-18(14-28)27-9-3-10-27/h2,4-7,12,18,21,26H,3,8-11,13-14H2,1H3,(H,25,29). The van der Waals surface area contributed by atoms with Gasteiger partial charge in [-0.1, -0.05) is 12.1 Å². The molecule has 2 saturated heterocycles. The molecule has 5 nitrogen and oxygen atoms in total. The van der Waals surface area contributed by atoms with Crippen molar-refractivity contribution in [3.63, 3.8) is 0 Å². The SMILES string of the molecule is Cc1ccc(F)c2c1NC(C(=O)Nc1cccc(N3CCC(N4CCC4)C3)c1)C2. The second-order valence-electron chi connectivity index (χ2n) is 8.44. The number of fused-ring (bicyclic) bond motifs is 1. The maximum Gasteiger partial charge on any atom is 0.247 e. The Labute approximate surface area is 170 Å². The first-order chi connectivity index (χ1) is 14.1. The maximum absolute atomic E-state index is 14.1. The number of amides is 1. The summed E-state index contributed by atoms with van der Waals surface area (Å²) in [6.07, 6.45) is 2.89. The van der Waals surface area contributed by atoms with E-state index in [0.29, 0.717) is 18.0 Å². The van der Waals surface area contributed by atoms with E-state index in [0.717, 1.165) is 35.7 Å². The fourth-order valence-corrected chi connectivity index (χ4v) is 4.72. The third-order valence-corrected chi connectivity index (χ3v) is 6.56. The van der Waals surface area contributed by atoms with Crippen LogP contribution in [-0.2, 0) is 11.2 Å². The molecule has 0 aliphatic carbocycles. The number of halogens is 1. The molecule has 0 spiro atoms. The minimum Gasteiger partial charge on any atom is -0.373 e. The Hall–Kier alpha value is -2.60. The van der Waals surface area contributed by atoms with Crippen LogP contribution in [0.25, 0.3) is 0 Å². The molecular formula is C23H27FN4O. The first kappa shape index (κ1) is 18.4. The van der Waals surface area contributed by atoms with Crippen molar-refractivity contribution in [2.24, 2.45) is 0 Å². The molecule has 2 aromatic rings.